The predicted molar refractivity (Wildman–Crippen MR) is 256 cm³/mol. The second-order valence-corrected chi connectivity index (χ2v) is 16.2. The fraction of sp³-hybridized carbons (Fsp3) is 0.0508. The molecule has 0 spiro atoms. The van der Waals surface area contributed by atoms with E-state index in [0.29, 0.717) is 0 Å². The van der Waals surface area contributed by atoms with E-state index in [-0.39, 0.29) is 5.41 Å². The lowest BCUT2D eigenvalue weighted by atomic mass is 9.78. The van der Waals surface area contributed by atoms with E-state index in [1.54, 1.807) is 0 Å². The van der Waals surface area contributed by atoms with Crippen molar-refractivity contribution in [3.63, 3.8) is 0 Å². The van der Waals surface area contributed by atoms with Crippen LogP contribution in [0.1, 0.15) is 30.5 Å². The van der Waals surface area contributed by atoms with Crippen LogP contribution < -0.4 is 4.90 Å². The van der Waals surface area contributed by atoms with Crippen LogP contribution in [0.15, 0.2) is 231 Å². The number of benzene rings is 9. The molecule has 10 rings (SSSR count). The zero-order valence-corrected chi connectivity index (χ0v) is 34.0. The van der Waals surface area contributed by atoms with Gasteiger partial charge in [0.2, 0.25) is 0 Å². The maximum atomic E-state index is 2.36. The van der Waals surface area contributed by atoms with Gasteiger partial charge in [-0.1, -0.05) is 208 Å². The van der Waals surface area contributed by atoms with E-state index >= 15 is 0 Å². The first-order valence-corrected chi connectivity index (χ1v) is 20.8. The van der Waals surface area contributed by atoms with Crippen LogP contribution in [0.25, 0.3) is 67.3 Å². The van der Waals surface area contributed by atoms with Crippen molar-refractivity contribution >= 4 is 28.7 Å². The van der Waals surface area contributed by atoms with Gasteiger partial charge in [0.05, 0.1) is 0 Å². The highest BCUT2D eigenvalue weighted by Crippen LogP contribution is 2.47. The fourth-order valence-electron chi connectivity index (χ4n) is 8.79. The molecule has 0 amide bonds. The second kappa shape index (κ2) is 15.7. The molecule has 0 heterocycles. The fourth-order valence-corrected chi connectivity index (χ4v) is 8.79. The molecule has 1 aliphatic rings. The van der Waals surface area contributed by atoms with Crippen molar-refractivity contribution in [2.45, 2.75) is 19.3 Å². The number of anilines is 3. The van der Waals surface area contributed by atoms with Crippen molar-refractivity contribution in [2.75, 3.05) is 4.90 Å². The Labute approximate surface area is 354 Å². The molecule has 0 aliphatic heterocycles. The zero-order chi connectivity index (χ0) is 40.5. The standard InChI is InChI=1S/C59H45N/c1-59(2)57-16-10-9-15-53(57)41-58(59)52-27-25-48(26-28-52)51-33-39-56(40-34-51)60(54-35-29-49(30-36-54)46-21-17-44(18-22-46)42-11-5-3-6-12-42)55-37-31-50(32-38-55)47-23-19-45(20-24-47)43-13-7-4-8-14-43/h3-41H,1-2H3. The summed E-state index contributed by atoms with van der Waals surface area (Å²) in [7, 11) is 0. The summed E-state index contributed by atoms with van der Waals surface area (Å²) in [6.45, 7) is 4.66. The highest BCUT2D eigenvalue weighted by molar-refractivity contribution is 5.94. The number of hydrogen-bond acceptors (Lipinski definition) is 1. The number of nitrogens with zero attached hydrogens (tertiary/aromatic N) is 1. The van der Waals surface area contributed by atoms with Crippen molar-refractivity contribution in [2.24, 2.45) is 0 Å². The van der Waals surface area contributed by atoms with E-state index in [2.05, 4.69) is 255 Å². The molecule has 0 bridgehead atoms. The van der Waals surface area contributed by atoms with Crippen molar-refractivity contribution in [1.82, 2.24) is 0 Å². The van der Waals surface area contributed by atoms with Gasteiger partial charge in [0.1, 0.15) is 0 Å². The highest BCUT2D eigenvalue weighted by Gasteiger charge is 2.33. The summed E-state index contributed by atoms with van der Waals surface area (Å²) >= 11 is 0. The van der Waals surface area contributed by atoms with Crippen molar-refractivity contribution in [3.05, 3.63) is 247 Å². The van der Waals surface area contributed by atoms with Crippen LogP contribution in [0, 0.1) is 0 Å². The monoisotopic (exact) mass is 767 g/mol. The minimum absolute atomic E-state index is 0.0282. The Bertz CT molecular complexity index is 2780. The molecule has 286 valence electrons. The van der Waals surface area contributed by atoms with Crippen LogP contribution in [0.4, 0.5) is 17.1 Å². The lowest BCUT2D eigenvalue weighted by Crippen LogP contribution is -2.16. The molecule has 1 aliphatic carbocycles. The molecule has 1 nitrogen and oxygen atoms in total. The first-order chi connectivity index (χ1) is 29.5. The zero-order valence-electron chi connectivity index (χ0n) is 34.0. The largest absolute Gasteiger partial charge is 0.311 e. The van der Waals surface area contributed by atoms with Gasteiger partial charge in [-0.25, -0.2) is 0 Å². The first kappa shape index (κ1) is 36.8. The minimum Gasteiger partial charge on any atom is -0.311 e. The Kier molecular flexibility index (Phi) is 9.64. The lowest BCUT2D eigenvalue weighted by Gasteiger charge is -2.26. The molecule has 0 fully saturated rings. The molecule has 0 aromatic heterocycles. The van der Waals surface area contributed by atoms with E-state index in [9.17, 15) is 0 Å². The van der Waals surface area contributed by atoms with Gasteiger partial charge in [-0.3, -0.25) is 0 Å². The van der Waals surface area contributed by atoms with Crippen molar-refractivity contribution in [3.8, 4) is 55.6 Å². The third kappa shape index (κ3) is 7.16. The van der Waals surface area contributed by atoms with E-state index in [1.807, 2.05) is 0 Å². The smallest absolute Gasteiger partial charge is 0.0462 e. The molecule has 0 saturated heterocycles. The molecule has 1 heteroatoms. The summed E-state index contributed by atoms with van der Waals surface area (Å²) < 4.78 is 0. The molecule has 0 saturated carbocycles. The molecular weight excluding hydrogens is 723 g/mol. The maximum Gasteiger partial charge on any atom is 0.0462 e. The third-order valence-electron chi connectivity index (χ3n) is 12.2. The first-order valence-electron chi connectivity index (χ1n) is 20.8. The molecule has 9 aromatic carbocycles. The average molecular weight is 768 g/mol. The highest BCUT2D eigenvalue weighted by atomic mass is 15.1. The van der Waals surface area contributed by atoms with Gasteiger partial charge in [-0.05, 0) is 120 Å². The van der Waals surface area contributed by atoms with Gasteiger partial charge in [0.15, 0.2) is 0 Å². The van der Waals surface area contributed by atoms with E-state index in [4.69, 9.17) is 0 Å². The Morgan fingerprint density at radius 1 is 0.267 bits per heavy atom. The van der Waals surface area contributed by atoms with Gasteiger partial charge in [0, 0.05) is 22.5 Å². The van der Waals surface area contributed by atoms with Crippen LogP contribution in [-0.4, -0.2) is 0 Å². The van der Waals surface area contributed by atoms with E-state index in [0.717, 1.165) is 17.1 Å². The summed E-state index contributed by atoms with van der Waals surface area (Å²) in [6, 6.07) is 83.5. The normalized spacial score (nSPS) is 12.7. The molecule has 0 atom stereocenters. The molecule has 0 N–H and O–H groups in total. The van der Waals surface area contributed by atoms with Crippen LogP contribution in [0.2, 0.25) is 0 Å². The average Bonchev–Trinajstić information content (AvgIpc) is 3.60. The van der Waals surface area contributed by atoms with Crippen LogP contribution in [0.3, 0.4) is 0 Å². The Morgan fingerprint density at radius 3 is 0.867 bits per heavy atom. The van der Waals surface area contributed by atoms with Crippen LogP contribution >= 0.6 is 0 Å². The number of allylic oxidation sites excluding steroid dienone is 1. The summed E-state index contributed by atoms with van der Waals surface area (Å²) in [6.07, 6.45) is 2.36. The number of fused-ring (bicyclic) bond motifs is 1. The number of hydrogen-bond donors (Lipinski definition) is 0. The molecular formula is C59H45N. The van der Waals surface area contributed by atoms with E-state index in [1.165, 1.54) is 77.9 Å². The van der Waals surface area contributed by atoms with Crippen LogP contribution in [0.5, 0.6) is 0 Å². The summed E-state index contributed by atoms with van der Waals surface area (Å²) in [4.78, 5) is 2.35. The second-order valence-electron chi connectivity index (χ2n) is 16.2. The van der Waals surface area contributed by atoms with Crippen molar-refractivity contribution in [1.29, 1.82) is 0 Å². The van der Waals surface area contributed by atoms with Crippen molar-refractivity contribution < 1.29 is 0 Å². The Balaban J connectivity index is 0.943. The Hall–Kier alpha value is -7.48. The topological polar surface area (TPSA) is 3.24 Å². The van der Waals surface area contributed by atoms with E-state index < -0.39 is 0 Å². The minimum atomic E-state index is -0.0282. The third-order valence-corrected chi connectivity index (χ3v) is 12.2. The van der Waals surface area contributed by atoms with Gasteiger partial charge < -0.3 is 4.90 Å². The molecule has 60 heavy (non-hydrogen) atoms. The predicted octanol–water partition coefficient (Wildman–Crippen LogP) is 16.3. The summed E-state index contributed by atoms with van der Waals surface area (Å²) in [5.41, 5.74) is 20.7. The molecule has 0 radical (unpaired) electrons. The van der Waals surface area contributed by atoms with Gasteiger partial charge >= 0.3 is 0 Å². The quantitative estimate of drug-likeness (QED) is 0.141. The maximum absolute atomic E-state index is 2.36. The van der Waals surface area contributed by atoms with Gasteiger partial charge in [-0.2, -0.15) is 0 Å². The summed E-state index contributed by atoms with van der Waals surface area (Å²) in [5.74, 6) is 0. The van der Waals surface area contributed by atoms with Gasteiger partial charge in [-0.15, -0.1) is 0 Å². The lowest BCUT2D eigenvalue weighted by molar-refractivity contribution is 0.704. The SMILES string of the molecule is CC1(C)C(c2ccc(-c3ccc(N(c4ccc(-c5ccc(-c6ccccc6)cc5)cc4)c4ccc(-c5ccc(-c6ccccc6)cc5)cc4)cc3)cc2)=Cc2ccccc21. The number of rotatable bonds is 9. The molecule has 9 aromatic rings. The van der Waals surface area contributed by atoms with Gasteiger partial charge in [0.25, 0.3) is 0 Å². The molecule has 0 unspecified atom stereocenters. The Morgan fingerprint density at radius 2 is 0.533 bits per heavy atom. The summed E-state index contributed by atoms with van der Waals surface area (Å²) in [5, 5.41) is 0. The van der Waals surface area contributed by atoms with Crippen LogP contribution in [-0.2, 0) is 5.41 Å².